The van der Waals surface area contributed by atoms with Crippen molar-refractivity contribution in [3.63, 3.8) is 0 Å². The standard InChI is InChI=1S/C18H24N4O2/c23-15-8-6-14(7-9-15)21-18-20-11-10-17(22-18)19-12-13-24-16-4-2-1-3-5-16/h1-5,10-11,14-15,23H,6-9,12-13H2,(H2,19,20,21,22). The summed E-state index contributed by atoms with van der Waals surface area (Å²) in [6.45, 7) is 1.23. The molecule has 0 aliphatic heterocycles. The van der Waals surface area contributed by atoms with E-state index in [4.69, 9.17) is 4.74 Å². The molecule has 0 radical (unpaired) electrons. The monoisotopic (exact) mass is 328 g/mol. The minimum absolute atomic E-state index is 0.151. The van der Waals surface area contributed by atoms with Crippen LogP contribution in [0.5, 0.6) is 5.75 Å². The van der Waals surface area contributed by atoms with Gasteiger partial charge in [0, 0.05) is 12.2 Å². The fourth-order valence-electron chi connectivity index (χ4n) is 2.79. The van der Waals surface area contributed by atoms with Crippen molar-refractivity contribution < 1.29 is 9.84 Å². The molecule has 2 aromatic rings. The number of aromatic nitrogens is 2. The van der Waals surface area contributed by atoms with Crippen LogP contribution in [0.25, 0.3) is 0 Å². The molecule has 6 nitrogen and oxygen atoms in total. The molecular weight excluding hydrogens is 304 g/mol. The predicted octanol–water partition coefficient (Wildman–Crippen LogP) is 2.68. The van der Waals surface area contributed by atoms with Gasteiger partial charge in [-0.2, -0.15) is 4.98 Å². The number of aliphatic hydroxyl groups is 1. The molecule has 1 aliphatic rings. The van der Waals surface area contributed by atoms with E-state index >= 15 is 0 Å². The van der Waals surface area contributed by atoms with Gasteiger partial charge in [-0.05, 0) is 43.9 Å². The van der Waals surface area contributed by atoms with E-state index in [0.717, 1.165) is 37.3 Å². The SMILES string of the molecule is OC1CCC(Nc2nccc(NCCOc3ccccc3)n2)CC1. The molecule has 0 amide bonds. The number of benzene rings is 1. The lowest BCUT2D eigenvalue weighted by molar-refractivity contribution is 0.126. The summed E-state index contributed by atoms with van der Waals surface area (Å²) >= 11 is 0. The third-order valence-electron chi connectivity index (χ3n) is 4.11. The number of hydrogen-bond donors (Lipinski definition) is 3. The quantitative estimate of drug-likeness (QED) is 0.678. The van der Waals surface area contributed by atoms with Crippen molar-refractivity contribution in [2.45, 2.75) is 37.8 Å². The first-order valence-corrected chi connectivity index (χ1v) is 8.49. The maximum absolute atomic E-state index is 9.56. The Balaban J connectivity index is 1.43. The van der Waals surface area contributed by atoms with Crippen LogP contribution in [0.4, 0.5) is 11.8 Å². The normalized spacial score (nSPS) is 20.4. The smallest absolute Gasteiger partial charge is 0.224 e. The van der Waals surface area contributed by atoms with Crippen molar-refractivity contribution in [3.8, 4) is 5.75 Å². The van der Waals surface area contributed by atoms with Crippen molar-refractivity contribution in [2.75, 3.05) is 23.8 Å². The van der Waals surface area contributed by atoms with Gasteiger partial charge < -0.3 is 20.5 Å². The van der Waals surface area contributed by atoms with E-state index in [9.17, 15) is 5.11 Å². The summed E-state index contributed by atoms with van der Waals surface area (Å²) in [4.78, 5) is 8.75. The number of anilines is 2. The molecule has 1 saturated carbocycles. The molecule has 128 valence electrons. The average molecular weight is 328 g/mol. The Bertz CT molecular complexity index is 615. The zero-order valence-electron chi connectivity index (χ0n) is 13.7. The highest BCUT2D eigenvalue weighted by Crippen LogP contribution is 2.21. The maximum atomic E-state index is 9.56. The van der Waals surface area contributed by atoms with E-state index in [1.165, 1.54) is 0 Å². The number of aliphatic hydroxyl groups excluding tert-OH is 1. The van der Waals surface area contributed by atoms with Crippen LogP contribution in [0.2, 0.25) is 0 Å². The Morgan fingerprint density at radius 2 is 1.88 bits per heavy atom. The Morgan fingerprint density at radius 1 is 1.08 bits per heavy atom. The lowest BCUT2D eigenvalue weighted by Gasteiger charge is -2.26. The van der Waals surface area contributed by atoms with Crippen molar-refractivity contribution in [1.29, 1.82) is 0 Å². The van der Waals surface area contributed by atoms with Gasteiger partial charge in [-0.3, -0.25) is 0 Å². The maximum Gasteiger partial charge on any atom is 0.224 e. The van der Waals surface area contributed by atoms with Crippen LogP contribution in [-0.2, 0) is 0 Å². The first-order chi connectivity index (χ1) is 11.8. The number of nitrogens with one attached hydrogen (secondary N) is 2. The highest BCUT2D eigenvalue weighted by molar-refractivity contribution is 5.40. The summed E-state index contributed by atoms with van der Waals surface area (Å²) in [7, 11) is 0. The molecule has 0 bridgehead atoms. The first-order valence-electron chi connectivity index (χ1n) is 8.49. The van der Waals surface area contributed by atoms with Crippen molar-refractivity contribution in [2.24, 2.45) is 0 Å². The number of ether oxygens (including phenoxy) is 1. The fourth-order valence-corrected chi connectivity index (χ4v) is 2.79. The van der Waals surface area contributed by atoms with Gasteiger partial charge in [0.1, 0.15) is 18.2 Å². The average Bonchev–Trinajstić information content (AvgIpc) is 2.62. The zero-order valence-corrected chi connectivity index (χ0v) is 13.7. The lowest BCUT2D eigenvalue weighted by Crippen LogP contribution is -2.29. The summed E-state index contributed by atoms with van der Waals surface area (Å²) < 4.78 is 5.64. The second-order valence-corrected chi connectivity index (χ2v) is 6.00. The van der Waals surface area contributed by atoms with Crippen LogP contribution in [-0.4, -0.2) is 40.4 Å². The molecule has 0 saturated heterocycles. The number of rotatable bonds is 7. The van der Waals surface area contributed by atoms with E-state index in [1.807, 2.05) is 36.4 Å². The van der Waals surface area contributed by atoms with E-state index < -0.39 is 0 Å². The van der Waals surface area contributed by atoms with Gasteiger partial charge in [-0.1, -0.05) is 18.2 Å². The fraction of sp³-hybridized carbons (Fsp3) is 0.444. The minimum atomic E-state index is -0.151. The number of hydrogen-bond acceptors (Lipinski definition) is 6. The van der Waals surface area contributed by atoms with Crippen molar-refractivity contribution >= 4 is 11.8 Å². The molecule has 1 aromatic carbocycles. The van der Waals surface area contributed by atoms with Gasteiger partial charge in [0.2, 0.25) is 5.95 Å². The van der Waals surface area contributed by atoms with Crippen molar-refractivity contribution in [3.05, 3.63) is 42.6 Å². The molecule has 1 heterocycles. The molecular formula is C18H24N4O2. The van der Waals surface area contributed by atoms with Crippen LogP contribution in [0, 0.1) is 0 Å². The summed E-state index contributed by atoms with van der Waals surface area (Å²) in [5, 5.41) is 16.2. The van der Waals surface area contributed by atoms with Gasteiger partial charge in [0.15, 0.2) is 0 Å². The topological polar surface area (TPSA) is 79.3 Å². The van der Waals surface area contributed by atoms with Crippen LogP contribution >= 0.6 is 0 Å². The molecule has 24 heavy (non-hydrogen) atoms. The molecule has 0 atom stereocenters. The Morgan fingerprint density at radius 3 is 2.67 bits per heavy atom. The van der Waals surface area contributed by atoms with Gasteiger partial charge in [0.05, 0.1) is 12.6 Å². The van der Waals surface area contributed by atoms with Crippen LogP contribution < -0.4 is 15.4 Å². The summed E-state index contributed by atoms with van der Waals surface area (Å²) in [6, 6.07) is 11.9. The Kier molecular flexibility index (Phi) is 5.85. The second-order valence-electron chi connectivity index (χ2n) is 6.00. The van der Waals surface area contributed by atoms with Crippen LogP contribution in [0.15, 0.2) is 42.6 Å². The molecule has 3 N–H and O–H groups in total. The van der Waals surface area contributed by atoms with E-state index in [0.29, 0.717) is 25.1 Å². The summed E-state index contributed by atoms with van der Waals surface area (Å²) in [6.07, 6.45) is 5.17. The highest BCUT2D eigenvalue weighted by Gasteiger charge is 2.19. The largest absolute Gasteiger partial charge is 0.492 e. The third kappa shape index (κ3) is 5.09. The molecule has 0 unspecified atom stereocenters. The summed E-state index contributed by atoms with van der Waals surface area (Å²) in [5.74, 6) is 2.27. The van der Waals surface area contributed by atoms with Crippen molar-refractivity contribution in [1.82, 2.24) is 9.97 Å². The minimum Gasteiger partial charge on any atom is -0.492 e. The first kappa shape index (κ1) is 16.5. The van der Waals surface area contributed by atoms with Gasteiger partial charge in [-0.15, -0.1) is 0 Å². The summed E-state index contributed by atoms with van der Waals surface area (Å²) in [5.41, 5.74) is 0. The number of para-hydroxylation sites is 1. The Labute approximate surface area is 142 Å². The molecule has 1 aromatic heterocycles. The second kappa shape index (κ2) is 8.49. The molecule has 3 rings (SSSR count). The van der Waals surface area contributed by atoms with E-state index in [-0.39, 0.29) is 6.10 Å². The van der Waals surface area contributed by atoms with Gasteiger partial charge in [0.25, 0.3) is 0 Å². The van der Waals surface area contributed by atoms with Crippen LogP contribution in [0.3, 0.4) is 0 Å². The molecule has 1 aliphatic carbocycles. The zero-order chi connectivity index (χ0) is 16.6. The lowest BCUT2D eigenvalue weighted by atomic mass is 9.93. The highest BCUT2D eigenvalue weighted by atomic mass is 16.5. The van der Waals surface area contributed by atoms with E-state index in [2.05, 4.69) is 20.6 Å². The van der Waals surface area contributed by atoms with Gasteiger partial charge >= 0.3 is 0 Å². The molecule has 0 spiro atoms. The van der Waals surface area contributed by atoms with Gasteiger partial charge in [-0.25, -0.2) is 4.98 Å². The number of nitrogens with zero attached hydrogens (tertiary/aromatic N) is 2. The van der Waals surface area contributed by atoms with E-state index in [1.54, 1.807) is 6.20 Å². The molecule has 1 fully saturated rings. The Hall–Kier alpha value is -2.34. The third-order valence-corrected chi connectivity index (χ3v) is 4.11. The predicted molar refractivity (Wildman–Crippen MR) is 94.3 cm³/mol. The van der Waals surface area contributed by atoms with Crippen LogP contribution in [0.1, 0.15) is 25.7 Å². The molecule has 6 heteroatoms.